The van der Waals surface area contributed by atoms with Crippen molar-refractivity contribution in [2.45, 2.75) is 31.1 Å². The predicted molar refractivity (Wildman–Crippen MR) is 120 cm³/mol. The molecular formula is C25H26F3N3O2. The van der Waals surface area contributed by atoms with Gasteiger partial charge in [-0.05, 0) is 47.7 Å². The topological polar surface area (TPSA) is 63.2 Å². The highest BCUT2D eigenvalue weighted by Crippen LogP contribution is 2.30. The molecule has 0 aliphatic rings. The van der Waals surface area contributed by atoms with Crippen molar-refractivity contribution in [3.63, 3.8) is 0 Å². The van der Waals surface area contributed by atoms with Gasteiger partial charge in [0.15, 0.2) is 0 Å². The van der Waals surface area contributed by atoms with E-state index in [0.717, 1.165) is 28.8 Å². The van der Waals surface area contributed by atoms with Crippen LogP contribution in [-0.4, -0.2) is 25.0 Å². The molecule has 174 valence electrons. The number of rotatable bonds is 9. The number of alkyl halides is 3. The first-order valence-electron chi connectivity index (χ1n) is 10.5. The number of benzene rings is 2. The first-order valence-corrected chi connectivity index (χ1v) is 10.5. The molecule has 0 unspecified atom stereocenters. The highest BCUT2D eigenvalue weighted by Gasteiger charge is 2.30. The molecule has 0 bridgehead atoms. The predicted octanol–water partition coefficient (Wildman–Crippen LogP) is 4.86. The first kappa shape index (κ1) is 24.3. The van der Waals surface area contributed by atoms with E-state index in [4.69, 9.17) is 4.74 Å². The number of nitrogens with zero attached hydrogens (tertiary/aromatic N) is 1. The zero-order valence-electron chi connectivity index (χ0n) is 18.4. The highest BCUT2D eigenvalue weighted by molar-refractivity contribution is 5.83. The summed E-state index contributed by atoms with van der Waals surface area (Å²) in [7, 11) is 3.10. The second-order valence-electron chi connectivity index (χ2n) is 7.54. The molecule has 0 aliphatic carbocycles. The number of likely N-dealkylation sites (N-methyl/N-ethyl adjacent to an activating group) is 1. The van der Waals surface area contributed by atoms with Gasteiger partial charge in [0.1, 0.15) is 6.04 Å². The van der Waals surface area contributed by atoms with Crippen molar-refractivity contribution in [2.75, 3.05) is 14.2 Å². The largest absolute Gasteiger partial charge is 0.481 e. The fourth-order valence-electron chi connectivity index (χ4n) is 3.59. The number of carbonyl (C=O) groups excluding carboxylic acids is 1. The molecule has 3 rings (SSSR count). The number of ether oxygens (including phenoxy) is 1. The normalized spacial score (nSPS) is 13.2. The molecule has 3 aromatic rings. The van der Waals surface area contributed by atoms with Crippen molar-refractivity contribution in [3.05, 3.63) is 95.2 Å². The number of halogens is 3. The zero-order chi connectivity index (χ0) is 23.8. The molecule has 1 amide bonds. The maximum atomic E-state index is 12.9. The molecule has 0 spiro atoms. The third-order valence-electron chi connectivity index (χ3n) is 5.38. The van der Waals surface area contributed by atoms with E-state index in [0.29, 0.717) is 18.7 Å². The monoisotopic (exact) mass is 457 g/mol. The number of methoxy groups -OCH3 is 1. The number of carbonyl (C=O) groups is 1. The minimum atomic E-state index is -4.37. The summed E-state index contributed by atoms with van der Waals surface area (Å²) in [5, 5.41) is 6.11. The average molecular weight is 457 g/mol. The van der Waals surface area contributed by atoms with Gasteiger partial charge in [0.2, 0.25) is 11.8 Å². The number of aromatic nitrogens is 1. The van der Waals surface area contributed by atoms with Gasteiger partial charge >= 0.3 is 6.18 Å². The van der Waals surface area contributed by atoms with E-state index in [9.17, 15) is 18.0 Å². The van der Waals surface area contributed by atoms with Gasteiger partial charge < -0.3 is 10.1 Å². The zero-order valence-corrected chi connectivity index (χ0v) is 18.4. The summed E-state index contributed by atoms with van der Waals surface area (Å²) >= 11 is 0. The maximum absolute atomic E-state index is 12.9. The number of pyridine rings is 1. The van der Waals surface area contributed by atoms with Crippen LogP contribution in [0, 0.1) is 0 Å². The Balaban J connectivity index is 1.86. The first-order chi connectivity index (χ1) is 15.8. The van der Waals surface area contributed by atoms with Gasteiger partial charge in [-0.2, -0.15) is 13.2 Å². The minimum absolute atomic E-state index is 0.193. The quantitative estimate of drug-likeness (QED) is 0.482. The summed E-state index contributed by atoms with van der Waals surface area (Å²) in [6.45, 7) is 0. The number of aryl methyl sites for hydroxylation is 1. The van der Waals surface area contributed by atoms with E-state index in [-0.39, 0.29) is 11.9 Å². The molecule has 2 aromatic carbocycles. The summed E-state index contributed by atoms with van der Waals surface area (Å²) in [6, 6.07) is 17.2. The molecule has 0 radical (unpaired) electrons. The van der Waals surface area contributed by atoms with Crippen LogP contribution in [0.2, 0.25) is 0 Å². The van der Waals surface area contributed by atoms with Gasteiger partial charge in [0, 0.05) is 25.4 Å². The van der Waals surface area contributed by atoms with E-state index in [1.807, 2.05) is 36.4 Å². The molecule has 0 saturated carbocycles. The van der Waals surface area contributed by atoms with E-state index < -0.39 is 17.8 Å². The second-order valence-corrected chi connectivity index (χ2v) is 7.54. The Morgan fingerprint density at radius 3 is 2.33 bits per heavy atom. The second kappa shape index (κ2) is 11.0. The summed E-state index contributed by atoms with van der Waals surface area (Å²) in [6.07, 6.45) is -1.69. The van der Waals surface area contributed by atoms with Crippen molar-refractivity contribution in [2.24, 2.45) is 0 Å². The van der Waals surface area contributed by atoms with E-state index in [1.54, 1.807) is 19.3 Å². The lowest BCUT2D eigenvalue weighted by atomic mass is 9.96. The lowest BCUT2D eigenvalue weighted by molar-refractivity contribution is -0.137. The standard InChI is InChI=1S/C25H26F3N3O2/c1-29-24(32)23(18-6-4-3-5-7-18)31-21(19-14-15-30-22(16-19)33-2)13-10-17-8-11-20(12-9-17)25(26,27)28/h3-9,11-12,14-16,21,23,31H,10,13H2,1-2H3,(H,29,32)/t21-,23+/m1/s1. The summed E-state index contributed by atoms with van der Waals surface area (Å²) in [5.74, 6) is 0.242. The minimum Gasteiger partial charge on any atom is -0.481 e. The average Bonchev–Trinajstić information content (AvgIpc) is 2.84. The molecule has 5 nitrogen and oxygen atoms in total. The summed E-state index contributed by atoms with van der Waals surface area (Å²) in [4.78, 5) is 16.8. The van der Waals surface area contributed by atoms with Crippen LogP contribution < -0.4 is 15.4 Å². The van der Waals surface area contributed by atoms with Crippen LogP contribution in [0.15, 0.2) is 72.9 Å². The molecular weight excluding hydrogens is 431 g/mol. The molecule has 0 aliphatic heterocycles. The van der Waals surface area contributed by atoms with Gasteiger partial charge in [-0.15, -0.1) is 0 Å². The van der Waals surface area contributed by atoms with Crippen molar-refractivity contribution in [3.8, 4) is 5.88 Å². The van der Waals surface area contributed by atoms with Crippen LogP contribution >= 0.6 is 0 Å². The Hall–Kier alpha value is -3.39. The molecule has 2 atom stereocenters. The maximum Gasteiger partial charge on any atom is 0.416 e. The fraction of sp³-hybridized carbons (Fsp3) is 0.280. The third kappa shape index (κ3) is 6.55. The molecule has 33 heavy (non-hydrogen) atoms. The Kier molecular flexibility index (Phi) is 8.06. The lowest BCUT2D eigenvalue weighted by Gasteiger charge is -2.26. The number of hydrogen-bond acceptors (Lipinski definition) is 4. The van der Waals surface area contributed by atoms with Crippen LogP contribution in [0.25, 0.3) is 0 Å². The Morgan fingerprint density at radius 1 is 1.03 bits per heavy atom. The van der Waals surface area contributed by atoms with E-state index in [1.165, 1.54) is 19.2 Å². The Bertz CT molecular complexity index is 1040. The fourth-order valence-corrected chi connectivity index (χ4v) is 3.59. The van der Waals surface area contributed by atoms with Crippen LogP contribution in [-0.2, 0) is 17.4 Å². The van der Waals surface area contributed by atoms with Crippen LogP contribution in [0.1, 0.15) is 40.8 Å². The Morgan fingerprint density at radius 2 is 1.73 bits per heavy atom. The van der Waals surface area contributed by atoms with E-state index >= 15 is 0 Å². The highest BCUT2D eigenvalue weighted by atomic mass is 19.4. The van der Waals surface area contributed by atoms with Gasteiger partial charge in [0.05, 0.1) is 12.7 Å². The van der Waals surface area contributed by atoms with Gasteiger partial charge in [-0.1, -0.05) is 42.5 Å². The Labute approximate surface area is 191 Å². The summed E-state index contributed by atoms with van der Waals surface area (Å²) < 4.78 is 43.9. The SMILES string of the molecule is CNC(=O)[C@@H](N[C@H](CCc1ccc(C(F)(F)F)cc1)c1ccnc(OC)c1)c1ccccc1. The number of hydrogen-bond donors (Lipinski definition) is 2. The summed E-state index contributed by atoms with van der Waals surface area (Å²) in [5.41, 5.74) is 1.76. The molecule has 1 aromatic heterocycles. The number of amides is 1. The van der Waals surface area contributed by atoms with Crippen molar-refractivity contribution in [1.82, 2.24) is 15.6 Å². The van der Waals surface area contributed by atoms with Crippen molar-refractivity contribution >= 4 is 5.91 Å². The van der Waals surface area contributed by atoms with Crippen LogP contribution in [0.3, 0.4) is 0 Å². The molecule has 1 heterocycles. The lowest BCUT2D eigenvalue weighted by Crippen LogP contribution is -2.38. The van der Waals surface area contributed by atoms with Crippen LogP contribution in [0.5, 0.6) is 5.88 Å². The third-order valence-corrected chi connectivity index (χ3v) is 5.38. The molecule has 2 N–H and O–H groups in total. The van der Waals surface area contributed by atoms with Crippen molar-refractivity contribution < 1.29 is 22.7 Å². The molecule has 0 fully saturated rings. The molecule has 8 heteroatoms. The van der Waals surface area contributed by atoms with Crippen molar-refractivity contribution in [1.29, 1.82) is 0 Å². The van der Waals surface area contributed by atoms with E-state index in [2.05, 4.69) is 15.6 Å². The van der Waals surface area contributed by atoms with Gasteiger partial charge in [0.25, 0.3) is 0 Å². The van der Waals surface area contributed by atoms with Crippen LogP contribution in [0.4, 0.5) is 13.2 Å². The molecule has 0 saturated heterocycles. The van der Waals surface area contributed by atoms with Gasteiger partial charge in [-0.25, -0.2) is 4.98 Å². The van der Waals surface area contributed by atoms with Gasteiger partial charge in [-0.3, -0.25) is 10.1 Å². The smallest absolute Gasteiger partial charge is 0.416 e. The number of nitrogens with one attached hydrogen (secondary N) is 2.